The Balaban J connectivity index is 1.97. The smallest absolute Gasteiger partial charge is 0.340 e. The van der Waals surface area contributed by atoms with E-state index < -0.39 is 23.4 Å². The molecule has 0 saturated carbocycles. The number of aromatic nitrogens is 1. The fourth-order valence-corrected chi connectivity index (χ4v) is 2.60. The monoisotopic (exact) mass is 345 g/mol. The van der Waals surface area contributed by atoms with Crippen molar-refractivity contribution >= 4 is 23.3 Å². The van der Waals surface area contributed by atoms with Gasteiger partial charge in [0.05, 0.1) is 10.5 Å². The first-order valence-electron chi connectivity index (χ1n) is 7.71. The lowest BCUT2D eigenvalue weighted by Gasteiger charge is -2.07. The predicted octanol–water partition coefficient (Wildman–Crippen LogP) is 2.83. The van der Waals surface area contributed by atoms with Gasteiger partial charge in [0.2, 0.25) is 0 Å². The largest absolute Gasteiger partial charge is 0.452 e. The van der Waals surface area contributed by atoms with Crippen molar-refractivity contribution in [1.29, 1.82) is 0 Å². The summed E-state index contributed by atoms with van der Waals surface area (Å²) in [5.74, 6) is -1.15. The van der Waals surface area contributed by atoms with E-state index in [1.807, 2.05) is 25.3 Å². The Bertz CT molecular complexity index is 826. The van der Waals surface area contributed by atoms with E-state index in [-0.39, 0.29) is 11.4 Å². The molecule has 132 valence electrons. The van der Waals surface area contributed by atoms with Crippen molar-refractivity contribution in [2.75, 3.05) is 11.9 Å². The molecule has 0 bridgehead atoms. The summed E-state index contributed by atoms with van der Waals surface area (Å²) in [6.45, 7) is 5.94. The lowest BCUT2D eigenvalue weighted by atomic mass is 10.2. The maximum absolute atomic E-state index is 12.1. The second-order valence-electron chi connectivity index (χ2n) is 5.46. The highest BCUT2D eigenvalue weighted by Gasteiger charge is 2.17. The van der Waals surface area contributed by atoms with Gasteiger partial charge in [-0.05, 0) is 32.9 Å². The molecule has 0 aliphatic carbocycles. The van der Waals surface area contributed by atoms with Gasteiger partial charge in [-0.3, -0.25) is 14.9 Å². The molecule has 0 spiro atoms. The van der Waals surface area contributed by atoms with Crippen molar-refractivity contribution in [3.05, 3.63) is 57.4 Å². The van der Waals surface area contributed by atoms with Gasteiger partial charge in [-0.2, -0.15) is 0 Å². The molecule has 8 heteroatoms. The van der Waals surface area contributed by atoms with Crippen LogP contribution in [0.3, 0.4) is 0 Å². The van der Waals surface area contributed by atoms with Crippen LogP contribution in [0.1, 0.15) is 28.7 Å². The maximum atomic E-state index is 12.1. The van der Waals surface area contributed by atoms with Gasteiger partial charge in [-0.1, -0.05) is 6.07 Å². The Morgan fingerprint density at radius 1 is 1.28 bits per heavy atom. The van der Waals surface area contributed by atoms with E-state index >= 15 is 0 Å². The molecule has 0 aliphatic heterocycles. The first-order chi connectivity index (χ1) is 11.8. The van der Waals surface area contributed by atoms with Crippen molar-refractivity contribution < 1.29 is 19.2 Å². The van der Waals surface area contributed by atoms with E-state index in [0.717, 1.165) is 17.9 Å². The summed E-state index contributed by atoms with van der Waals surface area (Å²) in [4.78, 5) is 34.2. The Morgan fingerprint density at radius 2 is 2.00 bits per heavy atom. The number of aryl methyl sites for hydroxylation is 1. The molecular formula is C17H19N3O5. The number of amides is 1. The van der Waals surface area contributed by atoms with E-state index in [4.69, 9.17) is 4.74 Å². The fraction of sp³-hybridized carbons (Fsp3) is 0.294. The molecule has 8 nitrogen and oxygen atoms in total. The topological polar surface area (TPSA) is 103 Å². The predicted molar refractivity (Wildman–Crippen MR) is 91.6 cm³/mol. The summed E-state index contributed by atoms with van der Waals surface area (Å²) in [6.07, 6.45) is 0. The summed E-state index contributed by atoms with van der Waals surface area (Å²) in [6, 6.07) is 7.24. The lowest BCUT2D eigenvalue weighted by Crippen LogP contribution is -2.21. The average molecular weight is 345 g/mol. The molecule has 1 N–H and O–H groups in total. The zero-order valence-corrected chi connectivity index (χ0v) is 14.2. The molecule has 2 rings (SSSR count). The molecule has 1 heterocycles. The molecule has 25 heavy (non-hydrogen) atoms. The van der Waals surface area contributed by atoms with E-state index in [9.17, 15) is 19.7 Å². The van der Waals surface area contributed by atoms with Crippen LogP contribution in [0.5, 0.6) is 0 Å². The average Bonchev–Trinajstić information content (AvgIpc) is 2.86. The molecule has 0 radical (unpaired) electrons. The highest BCUT2D eigenvalue weighted by atomic mass is 16.6. The molecule has 2 aromatic rings. The molecule has 1 amide bonds. The minimum absolute atomic E-state index is 0.137. The quantitative estimate of drug-likeness (QED) is 0.492. The van der Waals surface area contributed by atoms with Crippen LogP contribution in [0.15, 0.2) is 30.3 Å². The Hall–Kier alpha value is -3.16. The van der Waals surface area contributed by atoms with Gasteiger partial charge >= 0.3 is 5.97 Å². The number of benzene rings is 1. The number of nitrogens with zero attached hydrogens (tertiary/aromatic N) is 2. The molecule has 0 fully saturated rings. The number of ether oxygens (including phenoxy) is 1. The minimum Gasteiger partial charge on any atom is -0.452 e. The third-order valence-corrected chi connectivity index (χ3v) is 3.78. The van der Waals surface area contributed by atoms with E-state index in [1.54, 1.807) is 6.07 Å². The first-order valence-corrected chi connectivity index (χ1v) is 7.71. The van der Waals surface area contributed by atoms with E-state index in [2.05, 4.69) is 5.32 Å². The van der Waals surface area contributed by atoms with Gasteiger partial charge in [0.25, 0.3) is 11.6 Å². The van der Waals surface area contributed by atoms with Gasteiger partial charge in [0.15, 0.2) is 6.61 Å². The van der Waals surface area contributed by atoms with Gasteiger partial charge in [0, 0.05) is 35.8 Å². The van der Waals surface area contributed by atoms with Crippen LogP contribution in [0, 0.1) is 24.0 Å². The van der Waals surface area contributed by atoms with Crippen molar-refractivity contribution in [2.45, 2.75) is 27.3 Å². The van der Waals surface area contributed by atoms with E-state index in [1.165, 1.54) is 24.3 Å². The van der Waals surface area contributed by atoms with Gasteiger partial charge < -0.3 is 14.6 Å². The second kappa shape index (κ2) is 7.61. The summed E-state index contributed by atoms with van der Waals surface area (Å²) >= 11 is 0. The Kier molecular flexibility index (Phi) is 5.53. The van der Waals surface area contributed by atoms with Gasteiger partial charge in [0.1, 0.15) is 0 Å². The van der Waals surface area contributed by atoms with Crippen LogP contribution in [-0.2, 0) is 16.1 Å². The molecule has 0 aliphatic rings. The Morgan fingerprint density at radius 3 is 2.60 bits per heavy atom. The van der Waals surface area contributed by atoms with Gasteiger partial charge in [-0.25, -0.2) is 4.79 Å². The number of non-ortho nitro benzene ring substituents is 1. The SMILES string of the molecule is CCn1c(C)cc(C(=O)OCC(=O)Nc2cccc([N+](=O)[O-])c2)c1C. The molecule has 0 atom stereocenters. The number of nitro groups is 1. The van der Waals surface area contributed by atoms with Gasteiger partial charge in [-0.15, -0.1) is 0 Å². The van der Waals surface area contributed by atoms with Crippen LogP contribution in [0.2, 0.25) is 0 Å². The van der Waals surface area contributed by atoms with Crippen molar-refractivity contribution in [3.8, 4) is 0 Å². The molecule has 0 saturated heterocycles. The number of nitro benzene ring substituents is 1. The van der Waals surface area contributed by atoms with Crippen LogP contribution in [-0.4, -0.2) is 28.0 Å². The van der Waals surface area contributed by atoms with Crippen molar-refractivity contribution in [3.63, 3.8) is 0 Å². The number of rotatable bonds is 6. The van der Waals surface area contributed by atoms with Crippen LogP contribution in [0.4, 0.5) is 11.4 Å². The van der Waals surface area contributed by atoms with E-state index in [0.29, 0.717) is 5.56 Å². The van der Waals surface area contributed by atoms with Crippen molar-refractivity contribution in [1.82, 2.24) is 4.57 Å². The third kappa shape index (κ3) is 4.23. The highest BCUT2D eigenvalue weighted by molar-refractivity contribution is 5.96. The lowest BCUT2D eigenvalue weighted by molar-refractivity contribution is -0.384. The van der Waals surface area contributed by atoms with Crippen LogP contribution >= 0.6 is 0 Å². The van der Waals surface area contributed by atoms with Crippen LogP contribution < -0.4 is 5.32 Å². The first kappa shape index (κ1) is 18.2. The zero-order valence-electron chi connectivity index (χ0n) is 14.2. The molecular weight excluding hydrogens is 326 g/mol. The summed E-state index contributed by atoms with van der Waals surface area (Å²) < 4.78 is 7.01. The number of hydrogen-bond donors (Lipinski definition) is 1. The molecule has 1 aromatic heterocycles. The maximum Gasteiger partial charge on any atom is 0.340 e. The second-order valence-corrected chi connectivity index (χ2v) is 5.46. The minimum atomic E-state index is -0.581. The van der Waals surface area contributed by atoms with Crippen molar-refractivity contribution in [2.24, 2.45) is 0 Å². The standard InChI is InChI=1S/C17H19N3O5/c1-4-19-11(2)8-15(12(19)3)17(22)25-10-16(21)18-13-6-5-7-14(9-13)20(23)24/h5-9H,4,10H2,1-3H3,(H,18,21). The molecule has 1 aromatic carbocycles. The number of nitrogens with one attached hydrogen (secondary N) is 1. The number of anilines is 1. The zero-order chi connectivity index (χ0) is 18.6. The Labute approximate surface area is 144 Å². The summed E-state index contributed by atoms with van der Waals surface area (Å²) in [5, 5.41) is 13.2. The number of carbonyl (C=O) groups is 2. The number of esters is 1. The summed E-state index contributed by atoms with van der Waals surface area (Å²) in [5.41, 5.74) is 2.26. The fourth-order valence-electron chi connectivity index (χ4n) is 2.60. The summed E-state index contributed by atoms with van der Waals surface area (Å²) in [7, 11) is 0. The highest BCUT2D eigenvalue weighted by Crippen LogP contribution is 2.18. The third-order valence-electron chi connectivity index (χ3n) is 3.78. The molecule has 0 unspecified atom stereocenters. The normalized spacial score (nSPS) is 10.4. The number of hydrogen-bond acceptors (Lipinski definition) is 5. The van der Waals surface area contributed by atoms with Crippen LogP contribution in [0.25, 0.3) is 0 Å². The number of carbonyl (C=O) groups excluding carboxylic acids is 2.